The Bertz CT molecular complexity index is 506. The number of ether oxygens (including phenoxy) is 1. The number of hydrogen-bond donors (Lipinski definition) is 0. The van der Waals surface area contributed by atoms with Crippen molar-refractivity contribution >= 4 is 28.7 Å². The molecule has 16 heavy (non-hydrogen) atoms. The van der Waals surface area contributed by atoms with Gasteiger partial charge in [0, 0.05) is 5.56 Å². The van der Waals surface area contributed by atoms with E-state index in [4.69, 9.17) is 16.3 Å². The van der Waals surface area contributed by atoms with Crippen molar-refractivity contribution in [1.82, 2.24) is 0 Å². The Hall–Kier alpha value is -1.32. The number of rotatable bonds is 3. The molecule has 2 nitrogen and oxygen atoms in total. The van der Waals surface area contributed by atoms with E-state index in [0.29, 0.717) is 21.2 Å². The summed E-state index contributed by atoms with van der Waals surface area (Å²) < 4.78 is 5.07. The summed E-state index contributed by atoms with van der Waals surface area (Å²) in [5, 5.41) is 2.38. The first kappa shape index (κ1) is 11.2. The minimum atomic E-state index is -0.00929. The van der Waals surface area contributed by atoms with Crippen LogP contribution in [0.5, 0.6) is 5.75 Å². The van der Waals surface area contributed by atoms with Crippen molar-refractivity contribution in [3.63, 3.8) is 0 Å². The Kier molecular flexibility index (Phi) is 3.27. The summed E-state index contributed by atoms with van der Waals surface area (Å²) in [7, 11) is 1.53. The Balaban J connectivity index is 2.38. The average Bonchev–Trinajstić information content (AvgIpc) is 2.82. The summed E-state index contributed by atoms with van der Waals surface area (Å²) in [5.74, 6) is 0.508. The van der Waals surface area contributed by atoms with E-state index in [0.717, 1.165) is 0 Å². The molecule has 0 aliphatic rings. The van der Waals surface area contributed by atoms with Gasteiger partial charge < -0.3 is 4.74 Å². The van der Waals surface area contributed by atoms with Crippen LogP contribution in [0, 0.1) is 0 Å². The van der Waals surface area contributed by atoms with Crippen LogP contribution >= 0.6 is 22.9 Å². The van der Waals surface area contributed by atoms with E-state index < -0.39 is 0 Å². The molecule has 0 radical (unpaired) electrons. The lowest BCUT2D eigenvalue weighted by Crippen LogP contribution is -1.99. The number of hydrogen-bond acceptors (Lipinski definition) is 3. The van der Waals surface area contributed by atoms with Crippen LogP contribution in [0.25, 0.3) is 0 Å². The number of carbonyl (C=O) groups is 1. The number of thiophene rings is 1. The van der Waals surface area contributed by atoms with Crippen LogP contribution in [0.2, 0.25) is 5.02 Å². The molecule has 1 aromatic heterocycles. The van der Waals surface area contributed by atoms with Crippen LogP contribution in [-0.2, 0) is 0 Å². The number of halogens is 1. The monoisotopic (exact) mass is 252 g/mol. The summed E-state index contributed by atoms with van der Waals surface area (Å²) >= 11 is 7.31. The van der Waals surface area contributed by atoms with Crippen LogP contribution in [0.15, 0.2) is 35.7 Å². The number of carbonyl (C=O) groups excluding carboxylic acids is 1. The molecule has 2 aromatic rings. The fourth-order valence-corrected chi connectivity index (χ4v) is 2.23. The zero-order valence-corrected chi connectivity index (χ0v) is 10.1. The van der Waals surface area contributed by atoms with Crippen molar-refractivity contribution in [1.29, 1.82) is 0 Å². The Morgan fingerprint density at radius 3 is 2.81 bits per heavy atom. The Labute approximate surface area is 102 Å². The van der Waals surface area contributed by atoms with E-state index in [2.05, 4.69) is 0 Å². The molecule has 2 rings (SSSR count). The van der Waals surface area contributed by atoms with E-state index in [1.165, 1.54) is 18.4 Å². The average molecular weight is 253 g/mol. The van der Waals surface area contributed by atoms with E-state index in [9.17, 15) is 4.79 Å². The molecule has 1 heterocycles. The highest BCUT2D eigenvalue weighted by Crippen LogP contribution is 2.26. The largest absolute Gasteiger partial charge is 0.495 e. The topological polar surface area (TPSA) is 26.3 Å². The Morgan fingerprint density at radius 2 is 2.19 bits per heavy atom. The summed E-state index contributed by atoms with van der Waals surface area (Å²) in [6.45, 7) is 0. The van der Waals surface area contributed by atoms with Gasteiger partial charge in [0.05, 0.1) is 17.0 Å². The predicted molar refractivity (Wildman–Crippen MR) is 65.8 cm³/mol. The molecule has 0 saturated carbocycles. The third kappa shape index (κ3) is 2.10. The van der Waals surface area contributed by atoms with Gasteiger partial charge in [-0.2, -0.15) is 0 Å². The maximum Gasteiger partial charge on any atom is 0.203 e. The van der Waals surface area contributed by atoms with Gasteiger partial charge in [-0.25, -0.2) is 0 Å². The molecule has 0 fully saturated rings. The van der Waals surface area contributed by atoms with Crippen molar-refractivity contribution < 1.29 is 9.53 Å². The predicted octanol–water partition coefficient (Wildman–Crippen LogP) is 3.64. The van der Waals surface area contributed by atoms with Gasteiger partial charge in [0.1, 0.15) is 5.75 Å². The maximum absolute atomic E-state index is 12.0. The standard InChI is InChI=1S/C12H9ClO2S/c1-15-10-7-8(4-5-9(10)13)12(14)11-3-2-6-16-11/h2-7H,1H3. The molecule has 0 bridgehead atoms. The van der Waals surface area contributed by atoms with Crippen LogP contribution in [0.3, 0.4) is 0 Å². The molecule has 0 amide bonds. The minimum Gasteiger partial charge on any atom is -0.495 e. The van der Waals surface area contributed by atoms with E-state index in [1.54, 1.807) is 24.3 Å². The van der Waals surface area contributed by atoms with E-state index in [-0.39, 0.29) is 5.78 Å². The van der Waals surface area contributed by atoms with Crippen LogP contribution in [-0.4, -0.2) is 12.9 Å². The number of ketones is 1. The molecule has 0 aliphatic carbocycles. The number of benzene rings is 1. The lowest BCUT2D eigenvalue weighted by atomic mass is 10.1. The molecular weight excluding hydrogens is 244 g/mol. The fraction of sp³-hybridized carbons (Fsp3) is 0.0833. The minimum absolute atomic E-state index is 0.00929. The van der Waals surface area contributed by atoms with Gasteiger partial charge in [-0.1, -0.05) is 17.7 Å². The van der Waals surface area contributed by atoms with Crippen molar-refractivity contribution in [3.05, 3.63) is 51.2 Å². The zero-order valence-electron chi connectivity index (χ0n) is 8.57. The van der Waals surface area contributed by atoms with Crippen molar-refractivity contribution in [3.8, 4) is 5.75 Å². The molecule has 0 atom stereocenters. The maximum atomic E-state index is 12.0. The van der Waals surface area contributed by atoms with E-state index >= 15 is 0 Å². The highest BCUT2D eigenvalue weighted by molar-refractivity contribution is 7.12. The lowest BCUT2D eigenvalue weighted by molar-refractivity contribution is 0.104. The van der Waals surface area contributed by atoms with Gasteiger partial charge in [0.2, 0.25) is 5.78 Å². The van der Waals surface area contributed by atoms with Crippen molar-refractivity contribution in [2.45, 2.75) is 0 Å². The number of methoxy groups -OCH3 is 1. The van der Waals surface area contributed by atoms with Gasteiger partial charge >= 0.3 is 0 Å². The first-order valence-electron chi connectivity index (χ1n) is 4.64. The molecule has 4 heteroatoms. The molecular formula is C12H9ClO2S. The van der Waals surface area contributed by atoms with E-state index in [1.807, 2.05) is 11.4 Å². The first-order valence-corrected chi connectivity index (χ1v) is 5.90. The van der Waals surface area contributed by atoms with Crippen molar-refractivity contribution in [2.24, 2.45) is 0 Å². The van der Waals surface area contributed by atoms with Crippen LogP contribution in [0.1, 0.15) is 15.2 Å². The zero-order chi connectivity index (χ0) is 11.5. The lowest BCUT2D eigenvalue weighted by Gasteiger charge is -2.04. The molecule has 0 N–H and O–H groups in total. The molecule has 82 valence electrons. The normalized spacial score (nSPS) is 10.1. The van der Waals surface area contributed by atoms with Crippen LogP contribution in [0.4, 0.5) is 0 Å². The summed E-state index contributed by atoms with van der Waals surface area (Å²) in [4.78, 5) is 12.7. The molecule has 0 aliphatic heterocycles. The van der Waals surface area contributed by atoms with Crippen LogP contribution < -0.4 is 4.74 Å². The highest BCUT2D eigenvalue weighted by Gasteiger charge is 2.12. The smallest absolute Gasteiger partial charge is 0.203 e. The van der Waals surface area contributed by atoms with Gasteiger partial charge in [-0.3, -0.25) is 4.79 Å². The second-order valence-electron chi connectivity index (χ2n) is 3.16. The Morgan fingerprint density at radius 1 is 1.38 bits per heavy atom. The van der Waals surface area contributed by atoms with Crippen molar-refractivity contribution in [2.75, 3.05) is 7.11 Å². The molecule has 0 spiro atoms. The third-order valence-electron chi connectivity index (χ3n) is 2.16. The SMILES string of the molecule is COc1cc(C(=O)c2cccs2)ccc1Cl. The molecule has 0 saturated heterocycles. The fourth-order valence-electron chi connectivity index (χ4n) is 1.35. The van der Waals surface area contributed by atoms with Gasteiger partial charge in [-0.05, 0) is 29.6 Å². The molecule has 0 unspecified atom stereocenters. The first-order chi connectivity index (χ1) is 7.72. The van der Waals surface area contributed by atoms with Gasteiger partial charge in [0.25, 0.3) is 0 Å². The second-order valence-corrected chi connectivity index (χ2v) is 4.51. The summed E-state index contributed by atoms with van der Waals surface area (Å²) in [5.41, 5.74) is 0.587. The van der Waals surface area contributed by atoms with Gasteiger partial charge in [-0.15, -0.1) is 11.3 Å². The second kappa shape index (κ2) is 4.68. The summed E-state index contributed by atoms with van der Waals surface area (Å²) in [6.07, 6.45) is 0. The summed E-state index contributed by atoms with van der Waals surface area (Å²) in [6, 6.07) is 8.68. The van der Waals surface area contributed by atoms with Gasteiger partial charge in [0.15, 0.2) is 0 Å². The molecule has 1 aromatic carbocycles. The highest BCUT2D eigenvalue weighted by atomic mass is 35.5. The quantitative estimate of drug-likeness (QED) is 0.780. The third-order valence-corrected chi connectivity index (χ3v) is 3.34.